The molecule has 0 heterocycles. The third-order valence-corrected chi connectivity index (χ3v) is 3.47. The number of hydrogen-bond acceptors (Lipinski definition) is 2. The molecule has 0 aliphatic carbocycles. The lowest BCUT2D eigenvalue weighted by Gasteiger charge is -2.28. The van der Waals surface area contributed by atoms with Gasteiger partial charge in [-0.25, -0.2) is 8.78 Å². The van der Waals surface area contributed by atoms with Gasteiger partial charge in [0.2, 0.25) is 0 Å². The average Bonchev–Trinajstić information content (AvgIpc) is 2.47. The van der Waals surface area contributed by atoms with Gasteiger partial charge in [-0.2, -0.15) is 0 Å². The average molecular weight is 290 g/mol. The van der Waals surface area contributed by atoms with Gasteiger partial charge in [-0.3, -0.25) is 0 Å². The monoisotopic (exact) mass is 290 g/mol. The molecule has 0 saturated carbocycles. The van der Waals surface area contributed by atoms with Gasteiger partial charge in [0.05, 0.1) is 11.4 Å². The van der Waals surface area contributed by atoms with Gasteiger partial charge in [0, 0.05) is 5.54 Å². The first-order valence-corrected chi connectivity index (χ1v) is 6.95. The first-order valence-electron chi connectivity index (χ1n) is 6.95. The van der Waals surface area contributed by atoms with Crippen LogP contribution in [-0.2, 0) is 6.42 Å². The highest BCUT2D eigenvalue weighted by molar-refractivity contribution is 5.67. The Balaban J connectivity index is 2.09. The van der Waals surface area contributed by atoms with Crippen LogP contribution in [0.4, 0.5) is 20.2 Å². The fraction of sp³-hybridized carbons (Fsp3) is 0.294. The third kappa shape index (κ3) is 3.94. The molecule has 0 saturated heterocycles. The van der Waals surface area contributed by atoms with Crippen LogP contribution in [0.3, 0.4) is 0 Å². The van der Waals surface area contributed by atoms with E-state index < -0.39 is 17.2 Å². The Morgan fingerprint density at radius 3 is 2.38 bits per heavy atom. The lowest BCUT2D eigenvalue weighted by atomic mass is 9.94. The largest absolute Gasteiger partial charge is 0.397 e. The van der Waals surface area contributed by atoms with Gasteiger partial charge >= 0.3 is 0 Å². The summed E-state index contributed by atoms with van der Waals surface area (Å²) in [4.78, 5) is 0. The molecular weight excluding hydrogens is 270 g/mol. The van der Waals surface area contributed by atoms with E-state index >= 15 is 0 Å². The van der Waals surface area contributed by atoms with Gasteiger partial charge in [0.1, 0.15) is 0 Å². The van der Waals surface area contributed by atoms with Gasteiger partial charge in [-0.05, 0) is 44.4 Å². The molecule has 0 unspecified atom stereocenters. The highest BCUT2D eigenvalue weighted by atomic mass is 19.2. The van der Waals surface area contributed by atoms with Gasteiger partial charge in [0.25, 0.3) is 0 Å². The van der Waals surface area contributed by atoms with Crippen LogP contribution < -0.4 is 11.1 Å². The van der Waals surface area contributed by atoms with E-state index in [-0.39, 0.29) is 11.4 Å². The van der Waals surface area contributed by atoms with Crippen LogP contribution in [0.1, 0.15) is 25.8 Å². The summed E-state index contributed by atoms with van der Waals surface area (Å²) in [7, 11) is 0. The van der Waals surface area contributed by atoms with Crippen molar-refractivity contribution in [2.24, 2.45) is 0 Å². The predicted molar refractivity (Wildman–Crippen MR) is 83.2 cm³/mol. The maximum atomic E-state index is 13.8. The Bertz CT molecular complexity index is 610. The Hall–Kier alpha value is -2.10. The zero-order valence-corrected chi connectivity index (χ0v) is 12.3. The molecular formula is C17H20F2N2. The lowest BCUT2D eigenvalue weighted by molar-refractivity contribution is 0.490. The Labute approximate surface area is 124 Å². The van der Waals surface area contributed by atoms with Gasteiger partial charge in [-0.15, -0.1) is 0 Å². The van der Waals surface area contributed by atoms with Crippen molar-refractivity contribution in [3.8, 4) is 0 Å². The molecule has 2 rings (SSSR count). The Kier molecular flexibility index (Phi) is 4.46. The quantitative estimate of drug-likeness (QED) is 0.802. The SMILES string of the molecule is CC(C)(CCc1ccccc1)Nc1c(N)ccc(F)c1F. The van der Waals surface area contributed by atoms with E-state index in [1.165, 1.54) is 11.6 Å². The second kappa shape index (κ2) is 6.12. The van der Waals surface area contributed by atoms with Crippen molar-refractivity contribution in [1.82, 2.24) is 0 Å². The number of nitrogens with two attached hydrogens (primary N) is 1. The molecule has 0 radical (unpaired) electrons. The van der Waals surface area contributed by atoms with Gasteiger partial charge in [-0.1, -0.05) is 30.3 Å². The molecule has 0 aliphatic heterocycles. The number of halogens is 2. The summed E-state index contributed by atoms with van der Waals surface area (Å²) >= 11 is 0. The minimum Gasteiger partial charge on any atom is -0.397 e. The summed E-state index contributed by atoms with van der Waals surface area (Å²) in [5.74, 6) is -1.83. The van der Waals surface area contributed by atoms with Crippen molar-refractivity contribution < 1.29 is 8.78 Å². The minimum atomic E-state index is -0.928. The zero-order chi connectivity index (χ0) is 15.5. The molecule has 2 nitrogen and oxygen atoms in total. The summed E-state index contributed by atoms with van der Waals surface area (Å²) in [5.41, 5.74) is 6.78. The normalized spacial score (nSPS) is 11.4. The van der Waals surface area contributed by atoms with Crippen molar-refractivity contribution in [2.75, 3.05) is 11.1 Å². The van der Waals surface area contributed by atoms with Crippen molar-refractivity contribution >= 4 is 11.4 Å². The number of aryl methyl sites for hydroxylation is 1. The Morgan fingerprint density at radius 1 is 1.05 bits per heavy atom. The fourth-order valence-electron chi connectivity index (χ4n) is 2.20. The van der Waals surface area contributed by atoms with Gasteiger partial charge in [0.15, 0.2) is 11.6 Å². The molecule has 0 amide bonds. The highest BCUT2D eigenvalue weighted by Crippen LogP contribution is 2.29. The predicted octanol–water partition coefficient (Wildman–Crippen LogP) is 4.37. The second-order valence-corrected chi connectivity index (χ2v) is 5.82. The maximum absolute atomic E-state index is 13.8. The van der Waals surface area contributed by atoms with Crippen LogP contribution in [-0.4, -0.2) is 5.54 Å². The second-order valence-electron chi connectivity index (χ2n) is 5.82. The van der Waals surface area contributed by atoms with Gasteiger partial charge < -0.3 is 11.1 Å². The fourth-order valence-corrected chi connectivity index (χ4v) is 2.20. The summed E-state index contributed by atoms with van der Waals surface area (Å²) < 4.78 is 27.2. The van der Waals surface area contributed by atoms with E-state index in [2.05, 4.69) is 5.32 Å². The molecule has 2 aromatic rings. The first-order chi connectivity index (χ1) is 9.89. The van der Waals surface area contributed by atoms with Crippen molar-refractivity contribution in [3.63, 3.8) is 0 Å². The molecule has 0 spiro atoms. The molecule has 0 aliphatic rings. The van der Waals surface area contributed by atoms with Crippen molar-refractivity contribution in [1.29, 1.82) is 0 Å². The van der Waals surface area contributed by atoms with E-state index in [4.69, 9.17) is 5.73 Å². The standard InChI is InChI=1S/C17H20F2N2/c1-17(2,11-10-12-6-4-3-5-7-12)21-16-14(20)9-8-13(18)15(16)19/h3-9,21H,10-11,20H2,1-2H3. The van der Waals surface area contributed by atoms with E-state index in [9.17, 15) is 8.78 Å². The molecule has 3 N–H and O–H groups in total. The van der Waals surface area contributed by atoms with E-state index in [1.54, 1.807) is 0 Å². The molecule has 21 heavy (non-hydrogen) atoms. The third-order valence-electron chi connectivity index (χ3n) is 3.47. The number of benzene rings is 2. The van der Waals surface area contributed by atoms with Crippen molar-refractivity contribution in [2.45, 2.75) is 32.2 Å². The molecule has 4 heteroatoms. The molecule has 112 valence electrons. The summed E-state index contributed by atoms with van der Waals surface area (Å²) in [6.45, 7) is 3.89. The number of anilines is 2. The summed E-state index contributed by atoms with van der Waals surface area (Å²) in [6.07, 6.45) is 1.62. The summed E-state index contributed by atoms with van der Waals surface area (Å²) in [5, 5.41) is 3.03. The molecule has 0 fully saturated rings. The van der Waals surface area contributed by atoms with Crippen LogP contribution >= 0.6 is 0 Å². The van der Waals surface area contributed by atoms with Crippen LogP contribution in [0.2, 0.25) is 0 Å². The maximum Gasteiger partial charge on any atom is 0.183 e. The number of hydrogen-bond donors (Lipinski definition) is 2. The molecule has 2 aromatic carbocycles. The number of nitrogens with one attached hydrogen (secondary N) is 1. The van der Waals surface area contributed by atoms with Crippen molar-refractivity contribution in [3.05, 3.63) is 59.7 Å². The first kappa shape index (κ1) is 15.3. The minimum absolute atomic E-state index is 0.0352. The lowest BCUT2D eigenvalue weighted by Crippen LogP contribution is -2.32. The van der Waals surface area contributed by atoms with E-state index in [0.29, 0.717) is 0 Å². The Morgan fingerprint density at radius 2 is 1.71 bits per heavy atom. The molecule has 0 aromatic heterocycles. The number of nitrogen functional groups attached to an aromatic ring is 1. The highest BCUT2D eigenvalue weighted by Gasteiger charge is 2.22. The smallest absolute Gasteiger partial charge is 0.183 e. The van der Waals surface area contributed by atoms with Crippen LogP contribution in [0.15, 0.2) is 42.5 Å². The molecule has 0 bridgehead atoms. The zero-order valence-electron chi connectivity index (χ0n) is 12.3. The van der Waals surface area contributed by atoms with Crippen LogP contribution in [0.25, 0.3) is 0 Å². The van der Waals surface area contributed by atoms with Crippen LogP contribution in [0, 0.1) is 11.6 Å². The molecule has 0 atom stereocenters. The van der Waals surface area contributed by atoms with E-state index in [1.807, 2.05) is 44.2 Å². The number of rotatable bonds is 5. The summed E-state index contributed by atoms with van der Waals surface area (Å²) in [6, 6.07) is 12.4. The van der Waals surface area contributed by atoms with Crippen LogP contribution in [0.5, 0.6) is 0 Å². The topological polar surface area (TPSA) is 38.0 Å². The van der Waals surface area contributed by atoms with E-state index in [0.717, 1.165) is 18.9 Å².